The van der Waals surface area contributed by atoms with Crippen LogP contribution in [0.5, 0.6) is 0 Å². The van der Waals surface area contributed by atoms with Gasteiger partial charge in [0, 0.05) is 11.4 Å². The number of benzene rings is 1. The van der Waals surface area contributed by atoms with Crippen LogP contribution in [0.1, 0.15) is 46.0 Å². The molecule has 0 atom stereocenters. The van der Waals surface area contributed by atoms with Gasteiger partial charge in [-0.3, -0.25) is 4.79 Å². The first-order valence-corrected chi connectivity index (χ1v) is 9.65. The van der Waals surface area contributed by atoms with Crippen molar-refractivity contribution in [1.29, 1.82) is 0 Å². The molecular weight excluding hydrogens is 306 g/mol. The zero-order valence-electron chi connectivity index (χ0n) is 14.4. The Morgan fingerprint density at radius 2 is 1.83 bits per heavy atom. The molecule has 0 bridgehead atoms. The molecule has 128 valence electrons. The van der Waals surface area contributed by atoms with Crippen molar-refractivity contribution in [2.45, 2.75) is 55.6 Å². The third-order valence-corrected chi connectivity index (χ3v) is 6.06. The molecule has 0 aromatic heterocycles. The van der Waals surface area contributed by atoms with E-state index in [2.05, 4.69) is 30.9 Å². The number of hydrogen-bond acceptors (Lipinski definition) is 4. The third-order valence-electron chi connectivity index (χ3n) is 4.59. The molecule has 1 aliphatic carbocycles. The van der Waals surface area contributed by atoms with E-state index >= 15 is 0 Å². The van der Waals surface area contributed by atoms with E-state index < -0.39 is 0 Å². The minimum Gasteiger partial charge on any atom is -0.465 e. The van der Waals surface area contributed by atoms with Crippen molar-refractivity contribution in [2.75, 3.05) is 26.2 Å². The summed E-state index contributed by atoms with van der Waals surface area (Å²) in [4.78, 5) is 16.2. The molecule has 1 aliphatic rings. The molecule has 0 saturated heterocycles. The van der Waals surface area contributed by atoms with Gasteiger partial charge >= 0.3 is 5.97 Å². The Hall–Kier alpha value is -1.00. The van der Waals surface area contributed by atoms with Gasteiger partial charge in [-0.05, 0) is 44.5 Å². The summed E-state index contributed by atoms with van der Waals surface area (Å²) >= 11 is 1.70. The van der Waals surface area contributed by atoms with Gasteiger partial charge in [0.2, 0.25) is 0 Å². The molecule has 23 heavy (non-hydrogen) atoms. The highest BCUT2D eigenvalue weighted by atomic mass is 32.2. The van der Waals surface area contributed by atoms with E-state index in [0.717, 1.165) is 56.6 Å². The SMILES string of the molecule is CCN(CC)CCCOC(=O)C1(Sc2ccccc2)CCCC1. The highest BCUT2D eigenvalue weighted by Gasteiger charge is 2.43. The molecule has 0 radical (unpaired) electrons. The summed E-state index contributed by atoms with van der Waals surface area (Å²) in [6.07, 6.45) is 5.02. The van der Waals surface area contributed by atoms with Crippen LogP contribution < -0.4 is 0 Å². The summed E-state index contributed by atoms with van der Waals surface area (Å²) in [6, 6.07) is 10.2. The highest BCUT2D eigenvalue weighted by Crippen LogP contribution is 2.46. The number of ether oxygens (including phenoxy) is 1. The number of hydrogen-bond donors (Lipinski definition) is 0. The number of thioether (sulfide) groups is 1. The van der Waals surface area contributed by atoms with E-state index in [-0.39, 0.29) is 10.7 Å². The fraction of sp³-hybridized carbons (Fsp3) is 0.632. The summed E-state index contributed by atoms with van der Waals surface area (Å²) in [7, 11) is 0. The highest BCUT2D eigenvalue weighted by molar-refractivity contribution is 8.01. The molecule has 1 saturated carbocycles. The molecular formula is C19H29NO2S. The average molecular weight is 336 g/mol. The molecule has 0 heterocycles. The Morgan fingerprint density at radius 3 is 2.43 bits per heavy atom. The minimum atomic E-state index is -0.365. The van der Waals surface area contributed by atoms with Crippen LogP contribution in [-0.2, 0) is 9.53 Å². The maximum Gasteiger partial charge on any atom is 0.322 e. The van der Waals surface area contributed by atoms with Gasteiger partial charge in [0.05, 0.1) is 6.61 Å². The first kappa shape index (κ1) is 18.3. The van der Waals surface area contributed by atoms with Crippen LogP contribution in [0.4, 0.5) is 0 Å². The van der Waals surface area contributed by atoms with Crippen LogP contribution in [0.3, 0.4) is 0 Å². The van der Waals surface area contributed by atoms with E-state index in [0.29, 0.717) is 6.61 Å². The minimum absolute atomic E-state index is 0.0107. The second-order valence-electron chi connectivity index (χ2n) is 6.13. The van der Waals surface area contributed by atoms with E-state index in [4.69, 9.17) is 4.74 Å². The lowest BCUT2D eigenvalue weighted by molar-refractivity contribution is -0.146. The molecule has 0 aliphatic heterocycles. The Bertz CT molecular complexity index is 468. The summed E-state index contributed by atoms with van der Waals surface area (Å²) in [5, 5.41) is 0. The lowest BCUT2D eigenvalue weighted by Crippen LogP contribution is -2.34. The molecule has 0 spiro atoms. The van der Waals surface area contributed by atoms with Crippen LogP contribution in [0.2, 0.25) is 0 Å². The van der Waals surface area contributed by atoms with Crippen molar-refractivity contribution in [1.82, 2.24) is 4.90 Å². The van der Waals surface area contributed by atoms with Crippen molar-refractivity contribution in [3.05, 3.63) is 30.3 Å². The lowest BCUT2D eigenvalue weighted by atomic mass is 10.1. The number of rotatable bonds is 9. The van der Waals surface area contributed by atoms with Gasteiger partial charge in [-0.2, -0.15) is 0 Å². The van der Waals surface area contributed by atoms with Gasteiger partial charge in [0.1, 0.15) is 4.75 Å². The summed E-state index contributed by atoms with van der Waals surface area (Å²) in [6.45, 7) is 7.97. The fourth-order valence-corrected chi connectivity index (χ4v) is 4.51. The van der Waals surface area contributed by atoms with Crippen LogP contribution in [-0.4, -0.2) is 41.9 Å². The lowest BCUT2D eigenvalue weighted by Gasteiger charge is -2.26. The van der Waals surface area contributed by atoms with Gasteiger partial charge < -0.3 is 9.64 Å². The Balaban J connectivity index is 1.86. The van der Waals surface area contributed by atoms with E-state index in [9.17, 15) is 4.79 Å². The quantitative estimate of drug-likeness (QED) is 0.495. The number of esters is 1. The Morgan fingerprint density at radius 1 is 1.17 bits per heavy atom. The number of carbonyl (C=O) groups excluding carboxylic acids is 1. The smallest absolute Gasteiger partial charge is 0.322 e. The predicted molar refractivity (Wildman–Crippen MR) is 96.9 cm³/mol. The standard InChI is InChI=1S/C19H29NO2S/c1-3-20(4-2)15-10-16-22-18(21)19(13-8-9-14-19)23-17-11-6-5-7-12-17/h5-7,11-12H,3-4,8-10,13-16H2,1-2H3. The molecule has 1 fully saturated rings. The fourth-order valence-electron chi connectivity index (χ4n) is 3.13. The Labute approximate surface area is 144 Å². The van der Waals surface area contributed by atoms with Crippen LogP contribution >= 0.6 is 11.8 Å². The summed E-state index contributed by atoms with van der Waals surface area (Å²) in [5.41, 5.74) is 0. The van der Waals surface area contributed by atoms with Gasteiger partial charge in [0.25, 0.3) is 0 Å². The third kappa shape index (κ3) is 5.25. The molecule has 1 aromatic carbocycles. The maximum absolute atomic E-state index is 12.7. The first-order valence-electron chi connectivity index (χ1n) is 8.84. The van der Waals surface area contributed by atoms with Gasteiger partial charge in [-0.1, -0.05) is 44.9 Å². The van der Waals surface area contributed by atoms with E-state index in [1.165, 1.54) is 0 Å². The molecule has 2 rings (SSSR count). The molecule has 1 aromatic rings. The maximum atomic E-state index is 12.7. The number of carbonyl (C=O) groups is 1. The van der Waals surface area contributed by atoms with Crippen molar-refractivity contribution in [3.8, 4) is 0 Å². The number of nitrogens with zero attached hydrogens (tertiary/aromatic N) is 1. The van der Waals surface area contributed by atoms with Crippen molar-refractivity contribution < 1.29 is 9.53 Å². The molecule has 4 heteroatoms. The van der Waals surface area contributed by atoms with Crippen LogP contribution in [0.25, 0.3) is 0 Å². The monoisotopic (exact) mass is 335 g/mol. The Kier molecular flexibility index (Phi) is 7.44. The van der Waals surface area contributed by atoms with E-state index in [1.54, 1.807) is 11.8 Å². The topological polar surface area (TPSA) is 29.5 Å². The van der Waals surface area contributed by atoms with E-state index in [1.807, 2.05) is 18.2 Å². The molecule has 0 N–H and O–H groups in total. The first-order chi connectivity index (χ1) is 11.2. The summed E-state index contributed by atoms with van der Waals surface area (Å²) in [5.74, 6) is -0.0107. The van der Waals surface area contributed by atoms with Crippen molar-refractivity contribution >= 4 is 17.7 Å². The zero-order valence-corrected chi connectivity index (χ0v) is 15.2. The molecule has 3 nitrogen and oxygen atoms in total. The average Bonchev–Trinajstić information content (AvgIpc) is 3.05. The van der Waals surface area contributed by atoms with Crippen molar-refractivity contribution in [3.63, 3.8) is 0 Å². The second-order valence-corrected chi connectivity index (χ2v) is 7.59. The second kappa shape index (κ2) is 9.33. The summed E-state index contributed by atoms with van der Waals surface area (Å²) < 4.78 is 5.29. The largest absolute Gasteiger partial charge is 0.465 e. The van der Waals surface area contributed by atoms with Gasteiger partial charge in [0.15, 0.2) is 0 Å². The zero-order chi connectivity index (χ0) is 16.5. The molecule has 0 amide bonds. The van der Waals surface area contributed by atoms with Crippen molar-refractivity contribution in [2.24, 2.45) is 0 Å². The van der Waals surface area contributed by atoms with Gasteiger partial charge in [-0.25, -0.2) is 0 Å². The van der Waals surface area contributed by atoms with Gasteiger partial charge in [-0.15, -0.1) is 11.8 Å². The van der Waals surface area contributed by atoms with Crippen LogP contribution in [0, 0.1) is 0 Å². The normalized spacial score (nSPS) is 16.7. The van der Waals surface area contributed by atoms with Crippen LogP contribution in [0.15, 0.2) is 35.2 Å². The molecule has 0 unspecified atom stereocenters. The predicted octanol–water partition coefficient (Wildman–Crippen LogP) is 4.37.